The van der Waals surface area contributed by atoms with Gasteiger partial charge in [-0.1, -0.05) is 319 Å². The molecular formula is C64H119NO3. The zero-order chi connectivity index (χ0) is 49.2. The van der Waals surface area contributed by atoms with Gasteiger partial charge in [-0.15, -0.1) is 0 Å². The molecule has 0 aliphatic rings. The van der Waals surface area contributed by atoms with Gasteiger partial charge in [0.15, 0.2) is 0 Å². The number of rotatable bonds is 56. The molecule has 0 aliphatic carbocycles. The molecule has 0 spiro atoms. The van der Waals surface area contributed by atoms with Gasteiger partial charge in [0.2, 0.25) is 5.91 Å². The van der Waals surface area contributed by atoms with Crippen LogP contribution in [0.15, 0.2) is 60.8 Å². The highest BCUT2D eigenvalue weighted by atomic mass is 16.3. The van der Waals surface area contributed by atoms with E-state index in [1.54, 1.807) is 0 Å². The second kappa shape index (κ2) is 59.4. The van der Waals surface area contributed by atoms with Gasteiger partial charge in [-0.2, -0.15) is 0 Å². The normalized spacial score (nSPS) is 13.2. The maximum atomic E-state index is 12.5. The second-order valence-corrected chi connectivity index (χ2v) is 20.7. The number of hydrogen-bond acceptors (Lipinski definition) is 3. The SMILES string of the molecule is CC/C=C\C/C=C\C/C=C\C/C=C\C/C=C\CCCCCCCCCCCCCCCCCCCCCCCCCC(=O)NC(CO)C(O)CCCCCCCCCCCCCCCCCCC. The molecule has 0 aliphatic heterocycles. The molecule has 0 heterocycles. The smallest absolute Gasteiger partial charge is 0.220 e. The molecule has 1 amide bonds. The van der Waals surface area contributed by atoms with Crippen LogP contribution in [-0.2, 0) is 4.79 Å². The van der Waals surface area contributed by atoms with Gasteiger partial charge in [0.1, 0.15) is 0 Å². The third kappa shape index (κ3) is 55.0. The molecule has 4 heteroatoms. The van der Waals surface area contributed by atoms with Gasteiger partial charge in [-0.05, 0) is 57.8 Å². The van der Waals surface area contributed by atoms with Gasteiger partial charge < -0.3 is 15.5 Å². The van der Waals surface area contributed by atoms with Crippen LogP contribution in [0.1, 0.15) is 322 Å². The molecule has 68 heavy (non-hydrogen) atoms. The Kier molecular flexibility index (Phi) is 57.7. The molecule has 0 radical (unpaired) electrons. The molecule has 398 valence electrons. The Morgan fingerprint density at radius 1 is 0.368 bits per heavy atom. The van der Waals surface area contributed by atoms with Crippen molar-refractivity contribution in [3.8, 4) is 0 Å². The van der Waals surface area contributed by atoms with Crippen LogP contribution < -0.4 is 5.32 Å². The summed E-state index contributed by atoms with van der Waals surface area (Å²) in [6.45, 7) is 4.27. The van der Waals surface area contributed by atoms with Crippen LogP contribution >= 0.6 is 0 Å². The molecule has 4 nitrogen and oxygen atoms in total. The minimum absolute atomic E-state index is 0.0259. The summed E-state index contributed by atoms with van der Waals surface area (Å²) in [4.78, 5) is 12.5. The van der Waals surface area contributed by atoms with Crippen molar-refractivity contribution in [2.75, 3.05) is 6.61 Å². The first-order chi connectivity index (χ1) is 33.7. The number of aliphatic hydroxyl groups is 2. The Bertz CT molecular complexity index is 1120. The van der Waals surface area contributed by atoms with Crippen molar-refractivity contribution in [3.63, 3.8) is 0 Å². The van der Waals surface area contributed by atoms with E-state index in [4.69, 9.17) is 0 Å². The molecule has 3 N–H and O–H groups in total. The van der Waals surface area contributed by atoms with Gasteiger partial charge in [-0.3, -0.25) is 4.79 Å². The maximum Gasteiger partial charge on any atom is 0.220 e. The lowest BCUT2D eigenvalue weighted by atomic mass is 10.0. The monoisotopic (exact) mass is 950 g/mol. The van der Waals surface area contributed by atoms with E-state index in [1.807, 2.05) is 0 Å². The van der Waals surface area contributed by atoms with Gasteiger partial charge in [-0.25, -0.2) is 0 Å². The highest BCUT2D eigenvalue weighted by molar-refractivity contribution is 5.76. The topological polar surface area (TPSA) is 69.6 Å². The van der Waals surface area contributed by atoms with Crippen molar-refractivity contribution < 1.29 is 15.0 Å². The highest BCUT2D eigenvalue weighted by Crippen LogP contribution is 2.18. The third-order valence-electron chi connectivity index (χ3n) is 14.0. The van der Waals surface area contributed by atoms with Crippen LogP contribution in [0.4, 0.5) is 0 Å². The fourth-order valence-electron chi connectivity index (χ4n) is 9.45. The molecule has 0 aromatic carbocycles. The second-order valence-electron chi connectivity index (χ2n) is 20.7. The molecule has 0 saturated heterocycles. The van der Waals surface area contributed by atoms with Crippen molar-refractivity contribution in [2.45, 2.75) is 334 Å². The van der Waals surface area contributed by atoms with Crippen LogP contribution in [0.2, 0.25) is 0 Å². The summed E-state index contributed by atoms with van der Waals surface area (Å²) in [6.07, 6.45) is 83.8. The Labute approximate surface area is 426 Å². The fourth-order valence-corrected chi connectivity index (χ4v) is 9.45. The van der Waals surface area contributed by atoms with Crippen LogP contribution in [0.5, 0.6) is 0 Å². The van der Waals surface area contributed by atoms with Crippen molar-refractivity contribution in [3.05, 3.63) is 60.8 Å². The van der Waals surface area contributed by atoms with Crippen LogP contribution in [0, 0.1) is 0 Å². The predicted octanol–water partition coefficient (Wildman–Crippen LogP) is 20.4. The van der Waals surface area contributed by atoms with E-state index in [0.717, 1.165) is 57.8 Å². The maximum absolute atomic E-state index is 12.5. The highest BCUT2D eigenvalue weighted by Gasteiger charge is 2.20. The summed E-state index contributed by atoms with van der Waals surface area (Å²) < 4.78 is 0. The Morgan fingerprint density at radius 3 is 0.971 bits per heavy atom. The predicted molar refractivity (Wildman–Crippen MR) is 304 cm³/mol. The number of carbonyl (C=O) groups excluding carboxylic acids is 1. The van der Waals surface area contributed by atoms with Gasteiger partial charge in [0, 0.05) is 6.42 Å². The lowest BCUT2D eigenvalue weighted by Crippen LogP contribution is -2.45. The van der Waals surface area contributed by atoms with Gasteiger partial charge >= 0.3 is 0 Å². The quantitative estimate of drug-likeness (QED) is 0.0420. The Hall–Kier alpha value is -1.91. The number of aliphatic hydroxyl groups excluding tert-OH is 2. The number of amides is 1. The summed E-state index contributed by atoms with van der Waals surface area (Å²) in [5.74, 6) is -0.0259. The molecule has 0 rings (SSSR count). The molecule has 0 fully saturated rings. The average Bonchev–Trinajstić information content (AvgIpc) is 3.34. The zero-order valence-corrected chi connectivity index (χ0v) is 45.9. The van der Waals surface area contributed by atoms with E-state index in [-0.39, 0.29) is 12.5 Å². The number of hydrogen-bond donors (Lipinski definition) is 3. The standard InChI is InChI=1S/C64H119NO3/c1-3-5-7-9-11-13-15-17-19-21-22-23-24-25-26-27-28-29-30-31-32-33-34-35-36-37-38-39-40-41-42-44-46-48-50-52-54-56-58-60-64(68)65-62(61-66)63(67)59-57-55-53-51-49-47-45-43-20-18-16-14-12-10-8-6-4-2/h5,7,11,13,17,19,22-23,25-26,62-63,66-67H,3-4,6,8-10,12,14-16,18,20-21,24,27-61H2,1-2H3,(H,65,68)/b7-5-,13-11-,19-17-,23-22-,26-25-. The van der Waals surface area contributed by atoms with Gasteiger partial charge in [0.05, 0.1) is 18.8 Å². The fraction of sp³-hybridized carbons (Fsp3) is 0.828. The summed E-state index contributed by atoms with van der Waals surface area (Å²) in [5.41, 5.74) is 0. The van der Waals surface area contributed by atoms with Crippen LogP contribution in [0.25, 0.3) is 0 Å². The molecule has 0 aromatic heterocycles. The summed E-state index contributed by atoms with van der Waals surface area (Å²) in [5, 5.41) is 23.3. The lowest BCUT2D eigenvalue weighted by molar-refractivity contribution is -0.123. The number of allylic oxidation sites excluding steroid dienone is 10. The lowest BCUT2D eigenvalue weighted by Gasteiger charge is -2.22. The first kappa shape index (κ1) is 66.1. The minimum Gasteiger partial charge on any atom is -0.394 e. The summed E-state index contributed by atoms with van der Waals surface area (Å²) in [6, 6.07) is -0.535. The van der Waals surface area contributed by atoms with Crippen LogP contribution in [-0.4, -0.2) is 34.9 Å². The molecule has 0 saturated carbocycles. The average molecular weight is 951 g/mol. The van der Waals surface area contributed by atoms with E-state index in [0.29, 0.717) is 12.8 Å². The number of nitrogens with one attached hydrogen (secondary N) is 1. The van der Waals surface area contributed by atoms with Crippen molar-refractivity contribution in [1.29, 1.82) is 0 Å². The Balaban J connectivity index is 3.40. The van der Waals surface area contributed by atoms with Crippen molar-refractivity contribution >= 4 is 5.91 Å². The molecule has 0 aromatic rings. The van der Waals surface area contributed by atoms with E-state index in [1.165, 1.54) is 238 Å². The first-order valence-electron chi connectivity index (χ1n) is 30.5. The van der Waals surface area contributed by atoms with Crippen molar-refractivity contribution in [1.82, 2.24) is 5.32 Å². The molecular weight excluding hydrogens is 831 g/mol. The minimum atomic E-state index is -0.659. The largest absolute Gasteiger partial charge is 0.394 e. The summed E-state index contributed by atoms with van der Waals surface area (Å²) in [7, 11) is 0. The van der Waals surface area contributed by atoms with E-state index in [2.05, 4.69) is 79.9 Å². The molecule has 2 atom stereocenters. The molecule has 2 unspecified atom stereocenters. The Morgan fingerprint density at radius 2 is 0.647 bits per heavy atom. The first-order valence-corrected chi connectivity index (χ1v) is 30.5. The number of unbranched alkanes of at least 4 members (excludes halogenated alkanes) is 39. The summed E-state index contributed by atoms with van der Waals surface area (Å²) >= 11 is 0. The zero-order valence-electron chi connectivity index (χ0n) is 45.9. The van der Waals surface area contributed by atoms with E-state index in [9.17, 15) is 15.0 Å². The van der Waals surface area contributed by atoms with Crippen LogP contribution in [0.3, 0.4) is 0 Å². The molecule has 0 bridgehead atoms. The number of carbonyl (C=O) groups is 1. The third-order valence-corrected chi connectivity index (χ3v) is 14.0. The van der Waals surface area contributed by atoms with E-state index >= 15 is 0 Å². The van der Waals surface area contributed by atoms with Crippen molar-refractivity contribution in [2.24, 2.45) is 0 Å². The van der Waals surface area contributed by atoms with E-state index < -0.39 is 12.1 Å². The van der Waals surface area contributed by atoms with Gasteiger partial charge in [0.25, 0.3) is 0 Å².